The van der Waals surface area contributed by atoms with E-state index in [-0.39, 0.29) is 11.9 Å². The topological polar surface area (TPSA) is 41.1 Å². The molecule has 1 aromatic carbocycles. The van der Waals surface area contributed by atoms with Crippen LogP contribution in [0.25, 0.3) is 0 Å². The van der Waals surface area contributed by atoms with E-state index in [1.54, 1.807) is 0 Å². The Labute approximate surface area is 109 Å². The molecular formula is C15H22N2O. The Morgan fingerprint density at radius 2 is 2.06 bits per heavy atom. The van der Waals surface area contributed by atoms with Gasteiger partial charge < -0.3 is 10.6 Å². The van der Waals surface area contributed by atoms with Gasteiger partial charge in [0, 0.05) is 17.6 Å². The molecule has 0 bridgehead atoms. The molecule has 18 heavy (non-hydrogen) atoms. The number of hydrogen-bond donors (Lipinski definition) is 2. The monoisotopic (exact) mass is 246 g/mol. The highest BCUT2D eigenvalue weighted by molar-refractivity contribution is 5.95. The highest BCUT2D eigenvalue weighted by Gasteiger charge is 2.29. The maximum absolute atomic E-state index is 12.3. The minimum atomic E-state index is 0.0421. The van der Waals surface area contributed by atoms with Gasteiger partial charge >= 0.3 is 0 Å². The fourth-order valence-electron chi connectivity index (χ4n) is 2.66. The van der Waals surface area contributed by atoms with Crippen molar-refractivity contribution in [3.8, 4) is 0 Å². The number of carbonyl (C=O) groups is 1. The zero-order valence-corrected chi connectivity index (χ0v) is 11.4. The predicted molar refractivity (Wildman–Crippen MR) is 73.7 cm³/mol. The van der Waals surface area contributed by atoms with Gasteiger partial charge in [0.15, 0.2) is 0 Å². The first kappa shape index (κ1) is 13.1. The summed E-state index contributed by atoms with van der Waals surface area (Å²) >= 11 is 0. The van der Waals surface area contributed by atoms with Crippen molar-refractivity contribution < 1.29 is 4.79 Å². The Balaban J connectivity index is 2.09. The molecule has 0 radical (unpaired) electrons. The second-order valence-corrected chi connectivity index (χ2v) is 5.32. The van der Waals surface area contributed by atoms with Crippen LogP contribution in [0.1, 0.15) is 36.2 Å². The quantitative estimate of drug-likeness (QED) is 0.839. The minimum absolute atomic E-state index is 0.0421. The molecule has 0 aliphatic carbocycles. The summed E-state index contributed by atoms with van der Waals surface area (Å²) in [5, 5.41) is 6.59. The number of carbonyl (C=O) groups excluding carboxylic acids is 1. The molecule has 1 saturated heterocycles. The number of nitrogens with one attached hydrogen (secondary N) is 2. The number of hydrogen-bond acceptors (Lipinski definition) is 2. The van der Waals surface area contributed by atoms with Crippen molar-refractivity contribution in [1.29, 1.82) is 0 Å². The van der Waals surface area contributed by atoms with Crippen molar-refractivity contribution in [3.63, 3.8) is 0 Å². The molecule has 1 amide bonds. The van der Waals surface area contributed by atoms with Crippen molar-refractivity contribution in [3.05, 3.63) is 35.4 Å². The second-order valence-electron chi connectivity index (χ2n) is 5.32. The van der Waals surface area contributed by atoms with E-state index in [4.69, 9.17) is 0 Å². The fraction of sp³-hybridized carbons (Fsp3) is 0.533. The highest BCUT2D eigenvalue weighted by Crippen LogP contribution is 2.17. The summed E-state index contributed by atoms with van der Waals surface area (Å²) in [6.45, 7) is 7.36. The first-order valence-electron chi connectivity index (χ1n) is 6.69. The summed E-state index contributed by atoms with van der Waals surface area (Å²) < 4.78 is 0. The molecule has 0 spiro atoms. The predicted octanol–water partition coefficient (Wildman–Crippen LogP) is 2.11. The van der Waals surface area contributed by atoms with Gasteiger partial charge in [-0.05, 0) is 44.4 Å². The van der Waals surface area contributed by atoms with E-state index in [1.165, 1.54) is 0 Å². The average Bonchev–Trinajstić information content (AvgIpc) is 2.34. The van der Waals surface area contributed by atoms with Crippen molar-refractivity contribution in [1.82, 2.24) is 10.6 Å². The van der Waals surface area contributed by atoms with E-state index in [9.17, 15) is 4.79 Å². The molecule has 2 N–H and O–H groups in total. The smallest absolute Gasteiger partial charge is 0.251 e. The summed E-state index contributed by atoms with van der Waals surface area (Å²) in [7, 11) is 0. The van der Waals surface area contributed by atoms with Crippen LogP contribution >= 0.6 is 0 Å². The van der Waals surface area contributed by atoms with Crippen LogP contribution in [0.2, 0.25) is 0 Å². The molecule has 1 heterocycles. The maximum Gasteiger partial charge on any atom is 0.251 e. The minimum Gasteiger partial charge on any atom is -0.347 e. The summed E-state index contributed by atoms with van der Waals surface area (Å²) in [6, 6.07) is 8.28. The normalized spacial score (nSPS) is 27.8. The largest absolute Gasteiger partial charge is 0.347 e. The number of amides is 1. The van der Waals surface area contributed by atoms with Crippen LogP contribution in [-0.2, 0) is 0 Å². The Kier molecular flexibility index (Phi) is 4.02. The third kappa shape index (κ3) is 2.72. The Bertz CT molecular complexity index is 420. The standard InChI is InChI=1S/C15H22N2O/c1-10-6-4-5-7-13(10)15(18)17-14-11(2)8-9-16-12(14)3/h4-7,11-12,14,16H,8-9H2,1-3H3,(H,17,18). The van der Waals surface area contributed by atoms with Gasteiger partial charge in [-0.15, -0.1) is 0 Å². The van der Waals surface area contributed by atoms with Crippen molar-refractivity contribution in [2.75, 3.05) is 6.54 Å². The number of benzene rings is 1. The summed E-state index contributed by atoms with van der Waals surface area (Å²) in [5.41, 5.74) is 1.81. The van der Waals surface area contributed by atoms with E-state index >= 15 is 0 Å². The van der Waals surface area contributed by atoms with Gasteiger partial charge in [-0.3, -0.25) is 4.79 Å². The maximum atomic E-state index is 12.3. The molecule has 3 nitrogen and oxygen atoms in total. The Morgan fingerprint density at radius 3 is 2.72 bits per heavy atom. The van der Waals surface area contributed by atoms with Gasteiger partial charge in [0.1, 0.15) is 0 Å². The number of aryl methyl sites for hydroxylation is 1. The SMILES string of the molecule is Cc1ccccc1C(=O)NC1C(C)CCNC1C. The molecule has 3 atom stereocenters. The van der Waals surface area contributed by atoms with E-state index in [0.717, 1.165) is 24.1 Å². The number of piperidine rings is 1. The van der Waals surface area contributed by atoms with Gasteiger partial charge in [-0.1, -0.05) is 25.1 Å². The molecule has 3 heteroatoms. The fourth-order valence-corrected chi connectivity index (χ4v) is 2.66. The third-order valence-corrected chi connectivity index (χ3v) is 3.91. The van der Waals surface area contributed by atoms with Crippen LogP contribution in [0.15, 0.2) is 24.3 Å². The van der Waals surface area contributed by atoms with Crippen molar-refractivity contribution >= 4 is 5.91 Å². The first-order valence-corrected chi connectivity index (χ1v) is 6.69. The lowest BCUT2D eigenvalue weighted by atomic mass is 9.89. The molecule has 3 unspecified atom stereocenters. The van der Waals surface area contributed by atoms with Crippen molar-refractivity contribution in [2.45, 2.75) is 39.3 Å². The van der Waals surface area contributed by atoms with Gasteiger partial charge in [-0.2, -0.15) is 0 Å². The molecule has 1 fully saturated rings. The van der Waals surface area contributed by atoms with Crippen LogP contribution in [-0.4, -0.2) is 24.5 Å². The summed E-state index contributed by atoms with van der Waals surface area (Å²) in [4.78, 5) is 12.3. The molecule has 1 aromatic rings. The first-order chi connectivity index (χ1) is 8.59. The third-order valence-electron chi connectivity index (χ3n) is 3.91. The Morgan fingerprint density at radius 1 is 1.33 bits per heavy atom. The lowest BCUT2D eigenvalue weighted by Gasteiger charge is -2.36. The zero-order valence-electron chi connectivity index (χ0n) is 11.4. The molecule has 0 aromatic heterocycles. The van der Waals surface area contributed by atoms with E-state index in [0.29, 0.717) is 12.0 Å². The van der Waals surface area contributed by atoms with E-state index < -0.39 is 0 Å². The van der Waals surface area contributed by atoms with Crippen molar-refractivity contribution in [2.24, 2.45) is 5.92 Å². The van der Waals surface area contributed by atoms with E-state index in [1.807, 2.05) is 31.2 Å². The lowest BCUT2D eigenvalue weighted by Crippen LogP contribution is -2.55. The molecule has 1 aliphatic heterocycles. The van der Waals surface area contributed by atoms with E-state index in [2.05, 4.69) is 24.5 Å². The molecule has 98 valence electrons. The van der Waals surface area contributed by atoms with Gasteiger partial charge in [0.2, 0.25) is 0 Å². The van der Waals surface area contributed by atoms with Gasteiger partial charge in [0.25, 0.3) is 5.91 Å². The highest BCUT2D eigenvalue weighted by atomic mass is 16.1. The second kappa shape index (κ2) is 5.53. The average molecular weight is 246 g/mol. The molecule has 2 rings (SSSR count). The van der Waals surface area contributed by atoms with Crippen LogP contribution in [0, 0.1) is 12.8 Å². The molecule has 0 saturated carbocycles. The number of rotatable bonds is 2. The lowest BCUT2D eigenvalue weighted by molar-refractivity contribution is 0.0897. The van der Waals surface area contributed by atoms with Crippen LogP contribution in [0.5, 0.6) is 0 Å². The van der Waals surface area contributed by atoms with Gasteiger partial charge in [0.05, 0.1) is 0 Å². The summed E-state index contributed by atoms with van der Waals surface area (Å²) in [6.07, 6.45) is 1.11. The van der Waals surface area contributed by atoms with Crippen LogP contribution in [0.4, 0.5) is 0 Å². The van der Waals surface area contributed by atoms with Crippen LogP contribution < -0.4 is 10.6 Å². The van der Waals surface area contributed by atoms with Crippen LogP contribution in [0.3, 0.4) is 0 Å². The zero-order chi connectivity index (χ0) is 13.1. The molecule has 1 aliphatic rings. The molecular weight excluding hydrogens is 224 g/mol. The van der Waals surface area contributed by atoms with Gasteiger partial charge in [-0.25, -0.2) is 0 Å². The summed E-state index contributed by atoms with van der Waals surface area (Å²) in [5.74, 6) is 0.565. The Hall–Kier alpha value is -1.35.